The van der Waals surface area contributed by atoms with Crippen molar-refractivity contribution in [1.82, 2.24) is 0 Å². The second kappa shape index (κ2) is 8.70. The number of halogens is 1. The molecule has 1 fully saturated rings. The molecule has 0 atom stereocenters. The Morgan fingerprint density at radius 3 is 2.61 bits per heavy atom. The Morgan fingerprint density at radius 2 is 1.82 bits per heavy atom. The molecule has 0 radical (unpaired) electrons. The molecule has 2 aromatic rings. The molecular weight excluding hydrogens is 383 g/mol. The molecular formula is C20H21FN2O4S. The summed E-state index contributed by atoms with van der Waals surface area (Å²) in [6, 6.07) is 10.4. The van der Waals surface area contributed by atoms with Gasteiger partial charge in [-0.3, -0.25) is 4.79 Å². The summed E-state index contributed by atoms with van der Waals surface area (Å²) in [5.74, 6) is 1.08. The van der Waals surface area contributed by atoms with Gasteiger partial charge in [0.1, 0.15) is 19.0 Å². The number of nitrogens with zero attached hydrogens (tertiary/aromatic N) is 1. The van der Waals surface area contributed by atoms with Crippen LogP contribution in [-0.2, 0) is 9.53 Å². The molecule has 0 spiro atoms. The highest BCUT2D eigenvalue weighted by Crippen LogP contribution is 2.34. The number of fused-ring (bicyclic) bond motifs is 1. The molecule has 1 N–H and O–H groups in total. The van der Waals surface area contributed by atoms with Crippen LogP contribution in [-0.4, -0.2) is 51.2 Å². The SMILES string of the molecule is O=C(CSc1ccc2c(c1)OCCO2)Nc1ccc(N2CCOCC2)c(F)c1. The maximum atomic E-state index is 14.4. The molecule has 2 aromatic carbocycles. The van der Waals surface area contributed by atoms with E-state index in [1.54, 1.807) is 12.1 Å². The van der Waals surface area contributed by atoms with Gasteiger partial charge in [-0.2, -0.15) is 0 Å². The van der Waals surface area contributed by atoms with E-state index in [-0.39, 0.29) is 17.5 Å². The average Bonchev–Trinajstić information content (AvgIpc) is 2.73. The van der Waals surface area contributed by atoms with Crippen molar-refractivity contribution in [1.29, 1.82) is 0 Å². The van der Waals surface area contributed by atoms with E-state index in [0.29, 0.717) is 56.6 Å². The normalized spacial score (nSPS) is 16.0. The molecule has 0 bridgehead atoms. The van der Waals surface area contributed by atoms with E-state index in [4.69, 9.17) is 14.2 Å². The average molecular weight is 404 g/mol. The number of carbonyl (C=O) groups excluding carboxylic acids is 1. The second-order valence-corrected chi connectivity index (χ2v) is 7.46. The number of rotatable bonds is 5. The number of anilines is 2. The number of amides is 1. The summed E-state index contributed by atoms with van der Waals surface area (Å²) in [4.78, 5) is 15.1. The Labute approximate surface area is 166 Å². The predicted molar refractivity (Wildman–Crippen MR) is 106 cm³/mol. The largest absolute Gasteiger partial charge is 0.486 e. The molecule has 6 nitrogen and oxygen atoms in total. The quantitative estimate of drug-likeness (QED) is 0.773. The van der Waals surface area contributed by atoms with Crippen molar-refractivity contribution >= 4 is 29.0 Å². The first-order valence-electron chi connectivity index (χ1n) is 9.13. The number of nitrogens with one attached hydrogen (secondary N) is 1. The van der Waals surface area contributed by atoms with Crippen LogP contribution in [0.5, 0.6) is 11.5 Å². The number of ether oxygens (including phenoxy) is 3. The van der Waals surface area contributed by atoms with Crippen molar-refractivity contribution in [2.24, 2.45) is 0 Å². The van der Waals surface area contributed by atoms with Crippen molar-refractivity contribution in [3.63, 3.8) is 0 Å². The standard InChI is InChI=1S/C20H21FN2O4S/c21-16-11-14(1-3-17(16)23-5-7-25-8-6-23)22-20(24)13-28-15-2-4-18-19(12-15)27-10-9-26-18/h1-4,11-12H,5-10,13H2,(H,22,24). The minimum atomic E-state index is -0.348. The number of morpholine rings is 1. The maximum absolute atomic E-state index is 14.4. The van der Waals surface area contributed by atoms with Gasteiger partial charge in [-0.05, 0) is 36.4 Å². The highest BCUT2D eigenvalue weighted by Gasteiger charge is 2.16. The molecule has 0 aliphatic carbocycles. The van der Waals surface area contributed by atoms with E-state index >= 15 is 0 Å². The Balaban J connectivity index is 1.33. The zero-order valence-corrected chi connectivity index (χ0v) is 16.1. The molecule has 1 amide bonds. The van der Waals surface area contributed by atoms with E-state index in [9.17, 15) is 9.18 Å². The second-order valence-electron chi connectivity index (χ2n) is 6.41. The summed E-state index contributed by atoms with van der Waals surface area (Å²) < 4.78 is 30.8. The number of thioether (sulfide) groups is 1. The molecule has 1 saturated heterocycles. The van der Waals surface area contributed by atoms with Crippen LogP contribution in [0.25, 0.3) is 0 Å². The van der Waals surface area contributed by atoms with Gasteiger partial charge in [-0.1, -0.05) is 0 Å². The molecule has 2 aliphatic heterocycles. The molecule has 0 unspecified atom stereocenters. The Kier molecular flexibility index (Phi) is 5.87. The summed E-state index contributed by atoms with van der Waals surface area (Å²) >= 11 is 1.39. The van der Waals surface area contributed by atoms with E-state index < -0.39 is 0 Å². The summed E-state index contributed by atoms with van der Waals surface area (Å²) in [5.41, 5.74) is 0.981. The van der Waals surface area contributed by atoms with Crippen LogP contribution in [0, 0.1) is 5.82 Å². The third-order valence-corrected chi connectivity index (χ3v) is 5.46. The van der Waals surface area contributed by atoms with Gasteiger partial charge in [0.15, 0.2) is 11.5 Å². The first-order chi connectivity index (χ1) is 13.7. The van der Waals surface area contributed by atoms with Crippen LogP contribution in [0.4, 0.5) is 15.8 Å². The molecule has 2 heterocycles. The van der Waals surface area contributed by atoms with Gasteiger partial charge in [0, 0.05) is 23.7 Å². The first kappa shape index (κ1) is 18.9. The van der Waals surface area contributed by atoms with Gasteiger partial charge >= 0.3 is 0 Å². The Bertz CT molecular complexity index is 858. The Hall–Kier alpha value is -2.45. The lowest BCUT2D eigenvalue weighted by Gasteiger charge is -2.29. The molecule has 148 valence electrons. The van der Waals surface area contributed by atoms with Gasteiger partial charge in [0.05, 0.1) is 24.7 Å². The molecule has 2 aliphatic rings. The monoisotopic (exact) mass is 404 g/mol. The predicted octanol–water partition coefficient (Wildman–Crippen LogP) is 3.16. The zero-order valence-electron chi connectivity index (χ0n) is 15.3. The van der Waals surface area contributed by atoms with Crippen LogP contribution in [0.15, 0.2) is 41.3 Å². The number of hydrogen-bond donors (Lipinski definition) is 1. The van der Waals surface area contributed by atoms with E-state index in [1.807, 2.05) is 23.1 Å². The van der Waals surface area contributed by atoms with Crippen LogP contribution in [0.3, 0.4) is 0 Å². The number of benzene rings is 2. The highest BCUT2D eigenvalue weighted by molar-refractivity contribution is 8.00. The zero-order chi connectivity index (χ0) is 19.3. The van der Waals surface area contributed by atoms with Gasteiger partial charge in [0.2, 0.25) is 5.91 Å². The summed E-state index contributed by atoms with van der Waals surface area (Å²) in [7, 11) is 0. The van der Waals surface area contributed by atoms with Crippen molar-refractivity contribution in [3.05, 3.63) is 42.2 Å². The summed E-state index contributed by atoms with van der Waals surface area (Å²) in [6.07, 6.45) is 0. The first-order valence-corrected chi connectivity index (χ1v) is 10.1. The fraction of sp³-hybridized carbons (Fsp3) is 0.350. The highest BCUT2D eigenvalue weighted by atomic mass is 32.2. The topological polar surface area (TPSA) is 60.0 Å². The summed E-state index contributed by atoms with van der Waals surface area (Å²) in [5, 5.41) is 2.75. The Morgan fingerprint density at radius 1 is 1.04 bits per heavy atom. The molecule has 8 heteroatoms. The van der Waals surface area contributed by atoms with Crippen LogP contribution in [0.2, 0.25) is 0 Å². The maximum Gasteiger partial charge on any atom is 0.234 e. The molecule has 28 heavy (non-hydrogen) atoms. The fourth-order valence-corrected chi connectivity index (χ4v) is 3.83. The smallest absolute Gasteiger partial charge is 0.234 e. The lowest BCUT2D eigenvalue weighted by molar-refractivity contribution is -0.113. The van der Waals surface area contributed by atoms with Gasteiger partial charge in [0.25, 0.3) is 0 Å². The third-order valence-electron chi connectivity index (χ3n) is 4.47. The van der Waals surface area contributed by atoms with E-state index in [0.717, 1.165) is 10.6 Å². The fourth-order valence-electron chi connectivity index (χ4n) is 3.10. The van der Waals surface area contributed by atoms with E-state index in [2.05, 4.69) is 5.32 Å². The van der Waals surface area contributed by atoms with Crippen molar-refractivity contribution in [3.8, 4) is 11.5 Å². The third kappa shape index (κ3) is 4.51. The van der Waals surface area contributed by atoms with Gasteiger partial charge < -0.3 is 24.4 Å². The van der Waals surface area contributed by atoms with Crippen molar-refractivity contribution < 1.29 is 23.4 Å². The minimum Gasteiger partial charge on any atom is -0.486 e. The number of carbonyl (C=O) groups is 1. The lowest BCUT2D eigenvalue weighted by Crippen LogP contribution is -2.36. The molecule has 0 aromatic heterocycles. The minimum absolute atomic E-state index is 0.196. The van der Waals surface area contributed by atoms with Crippen LogP contribution < -0.4 is 19.7 Å². The van der Waals surface area contributed by atoms with E-state index in [1.165, 1.54) is 17.8 Å². The van der Waals surface area contributed by atoms with Gasteiger partial charge in [-0.15, -0.1) is 11.8 Å². The van der Waals surface area contributed by atoms with Crippen molar-refractivity contribution in [2.75, 3.05) is 55.5 Å². The van der Waals surface area contributed by atoms with Crippen LogP contribution >= 0.6 is 11.8 Å². The number of hydrogen-bond acceptors (Lipinski definition) is 6. The van der Waals surface area contributed by atoms with Crippen molar-refractivity contribution in [2.45, 2.75) is 4.90 Å². The molecule has 0 saturated carbocycles. The summed E-state index contributed by atoms with van der Waals surface area (Å²) in [6.45, 7) is 3.57. The lowest BCUT2D eigenvalue weighted by atomic mass is 10.2. The van der Waals surface area contributed by atoms with Crippen LogP contribution in [0.1, 0.15) is 0 Å². The van der Waals surface area contributed by atoms with Gasteiger partial charge in [-0.25, -0.2) is 4.39 Å². The molecule has 4 rings (SSSR count).